The first kappa shape index (κ1) is 15.1. The smallest absolute Gasteiger partial charge is 0.192 e. The Hall–Kier alpha value is -1.80. The number of nitriles is 1. The van der Waals surface area contributed by atoms with Gasteiger partial charge in [-0.15, -0.1) is 10.2 Å². The fourth-order valence-corrected chi connectivity index (χ4v) is 3.53. The number of rotatable bonds is 6. The predicted octanol–water partition coefficient (Wildman–Crippen LogP) is 3.71. The Bertz CT molecular complexity index is 680. The lowest BCUT2D eigenvalue weighted by Crippen LogP contribution is -2.08. The summed E-state index contributed by atoms with van der Waals surface area (Å²) in [6, 6.07) is 10.8. The first-order valence-corrected chi connectivity index (χ1v) is 8.64. The molecule has 0 spiro atoms. The van der Waals surface area contributed by atoms with Gasteiger partial charge in [0.1, 0.15) is 11.1 Å². The Balaban J connectivity index is 1.72. The third kappa shape index (κ3) is 3.33. The van der Waals surface area contributed by atoms with E-state index in [1.165, 1.54) is 35.7 Å². The van der Waals surface area contributed by atoms with Gasteiger partial charge < -0.3 is 4.57 Å². The van der Waals surface area contributed by atoms with Crippen LogP contribution >= 0.6 is 11.8 Å². The minimum atomic E-state index is -0.135. The first-order chi connectivity index (χ1) is 10.7. The summed E-state index contributed by atoms with van der Waals surface area (Å²) in [7, 11) is 0. The van der Waals surface area contributed by atoms with E-state index in [4.69, 9.17) is 0 Å². The van der Waals surface area contributed by atoms with Crippen molar-refractivity contribution in [3.05, 3.63) is 41.2 Å². The summed E-state index contributed by atoms with van der Waals surface area (Å²) >= 11 is 1.53. The molecule has 0 saturated heterocycles. The van der Waals surface area contributed by atoms with Gasteiger partial charge in [-0.25, -0.2) is 0 Å². The normalized spacial score (nSPS) is 15.5. The van der Waals surface area contributed by atoms with Crippen LogP contribution in [0, 0.1) is 18.3 Å². The SMILES string of the molecule is CCn1c(SC(C#N)Cc2ccc(C)cc2)nnc1C1CC1. The molecule has 1 atom stereocenters. The molecule has 0 bridgehead atoms. The van der Waals surface area contributed by atoms with Gasteiger partial charge in [0, 0.05) is 12.5 Å². The maximum atomic E-state index is 9.47. The Kier molecular flexibility index (Phi) is 4.49. The van der Waals surface area contributed by atoms with Crippen molar-refractivity contribution in [1.82, 2.24) is 14.8 Å². The Morgan fingerprint density at radius 2 is 2.05 bits per heavy atom. The number of thioether (sulfide) groups is 1. The van der Waals surface area contributed by atoms with E-state index in [0.717, 1.165) is 23.9 Å². The molecule has 1 aliphatic carbocycles. The van der Waals surface area contributed by atoms with Crippen molar-refractivity contribution in [2.75, 3.05) is 0 Å². The maximum absolute atomic E-state index is 9.47. The molecule has 114 valence electrons. The Morgan fingerprint density at radius 1 is 1.32 bits per heavy atom. The van der Waals surface area contributed by atoms with E-state index in [1.807, 2.05) is 0 Å². The standard InChI is InChI=1S/C17H20N4S/c1-3-21-16(14-8-9-14)19-20-17(21)22-15(11-18)10-13-6-4-12(2)5-7-13/h4-7,14-15H,3,8-10H2,1-2H3. The van der Waals surface area contributed by atoms with Gasteiger partial charge in [-0.05, 0) is 38.7 Å². The fourth-order valence-electron chi connectivity index (χ4n) is 2.51. The lowest BCUT2D eigenvalue weighted by Gasteiger charge is -2.10. The van der Waals surface area contributed by atoms with E-state index < -0.39 is 0 Å². The molecule has 1 unspecified atom stereocenters. The average molecular weight is 312 g/mol. The van der Waals surface area contributed by atoms with Gasteiger partial charge in [-0.3, -0.25) is 0 Å². The molecule has 0 N–H and O–H groups in total. The third-order valence-electron chi connectivity index (χ3n) is 3.94. The molecule has 1 aromatic carbocycles. The monoisotopic (exact) mass is 312 g/mol. The zero-order chi connectivity index (χ0) is 15.5. The molecule has 0 aliphatic heterocycles. The lowest BCUT2D eigenvalue weighted by atomic mass is 10.1. The van der Waals surface area contributed by atoms with E-state index >= 15 is 0 Å². The highest BCUT2D eigenvalue weighted by Gasteiger charge is 2.30. The second kappa shape index (κ2) is 6.53. The van der Waals surface area contributed by atoms with Crippen LogP contribution in [0.2, 0.25) is 0 Å². The summed E-state index contributed by atoms with van der Waals surface area (Å²) in [5, 5.41) is 18.9. The quantitative estimate of drug-likeness (QED) is 0.763. The van der Waals surface area contributed by atoms with Crippen molar-refractivity contribution in [3.63, 3.8) is 0 Å². The van der Waals surface area contributed by atoms with Crippen molar-refractivity contribution in [1.29, 1.82) is 5.26 Å². The Morgan fingerprint density at radius 3 is 2.64 bits per heavy atom. The van der Waals surface area contributed by atoms with Gasteiger partial charge >= 0.3 is 0 Å². The second-order valence-electron chi connectivity index (χ2n) is 5.78. The van der Waals surface area contributed by atoms with Crippen molar-refractivity contribution in [3.8, 4) is 6.07 Å². The third-order valence-corrected chi connectivity index (χ3v) is 5.01. The van der Waals surface area contributed by atoms with E-state index in [-0.39, 0.29) is 5.25 Å². The predicted molar refractivity (Wildman–Crippen MR) is 87.8 cm³/mol. The molecule has 1 fully saturated rings. The van der Waals surface area contributed by atoms with E-state index in [9.17, 15) is 5.26 Å². The molecular weight excluding hydrogens is 292 g/mol. The van der Waals surface area contributed by atoms with Crippen LogP contribution in [0.25, 0.3) is 0 Å². The summed E-state index contributed by atoms with van der Waals surface area (Å²) in [6.07, 6.45) is 3.17. The summed E-state index contributed by atoms with van der Waals surface area (Å²) in [5.41, 5.74) is 2.43. The molecular formula is C17H20N4S. The van der Waals surface area contributed by atoms with E-state index in [2.05, 4.69) is 58.9 Å². The van der Waals surface area contributed by atoms with Crippen LogP contribution in [0.3, 0.4) is 0 Å². The van der Waals surface area contributed by atoms with Crippen LogP contribution in [-0.2, 0) is 13.0 Å². The molecule has 1 heterocycles. The van der Waals surface area contributed by atoms with Gasteiger partial charge in [-0.2, -0.15) is 5.26 Å². The number of aromatic nitrogens is 3. The largest absolute Gasteiger partial charge is 0.306 e. The summed E-state index contributed by atoms with van der Waals surface area (Å²) < 4.78 is 2.17. The molecule has 0 amide bonds. The summed E-state index contributed by atoms with van der Waals surface area (Å²) in [4.78, 5) is 0. The highest BCUT2D eigenvalue weighted by molar-refractivity contribution is 8.00. The number of benzene rings is 1. The minimum absolute atomic E-state index is 0.135. The van der Waals surface area contributed by atoms with E-state index in [1.54, 1.807) is 0 Å². The molecule has 3 rings (SSSR count). The molecule has 1 aliphatic rings. The molecule has 5 heteroatoms. The average Bonchev–Trinajstić information content (AvgIpc) is 3.30. The number of nitrogens with zero attached hydrogens (tertiary/aromatic N) is 4. The van der Waals surface area contributed by atoms with Crippen LogP contribution in [0.5, 0.6) is 0 Å². The van der Waals surface area contributed by atoms with Crippen molar-refractivity contribution < 1.29 is 0 Å². The molecule has 22 heavy (non-hydrogen) atoms. The van der Waals surface area contributed by atoms with Crippen molar-refractivity contribution in [2.24, 2.45) is 0 Å². The summed E-state index contributed by atoms with van der Waals surface area (Å²) in [5.74, 6) is 1.68. The number of aryl methyl sites for hydroxylation is 1. The highest BCUT2D eigenvalue weighted by atomic mass is 32.2. The van der Waals surface area contributed by atoms with E-state index in [0.29, 0.717) is 5.92 Å². The topological polar surface area (TPSA) is 54.5 Å². The second-order valence-corrected chi connectivity index (χ2v) is 6.95. The van der Waals surface area contributed by atoms with Crippen molar-refractivity contribution in [2.45, 2.75) is 56.0 Å². The molecule has 1 aromatic heterocycles. The Labute approximate surface area is 135 Å². The maximum Gasteiger partial charge on any atom is 0.192 e. The minimum Gasteiger partial charge on any atom is -0.306 e. The summed E-state index contributed by atoms with van der Waals surface area (Å²) in [6.45, 7) is 5.05. The van der Waals surface area contributed by atoms with Gasteiger partial charge in [-0.1, -0.05) is 41.6 Å². The first-order valence-electron chi connectivity index (χ1n) is 7.76. The molecule has 2 aromatic rings. The van der Waals surface area contributed by atoms with Gasteiger partial charge in [0.25, 0.3) is 0 Å². The lowest BCUT2D eigenvalue weighted by molar-refractivity contribution is 0.643. The molecule has 1 saturated carbocycles. The fraction of sp³-hybridized carbons (Fsp3) is 0.471. The number of hydrogen-bond acceptors (Lipinski definition) is 4. The zero-order valence-electron chi connectivity index (χ0n) is 13.0. The van der Waals surface area contributed by atoms with Gasteiger partial charge in [0.05, 0.1) is 6.07 Å². The highest BCUT2D eigenvalue weighted by Crippen LogP contribution is 2.40. The van der Waals surface area contributed by atoms with Crippen LogP contribution in [0.15, 0.2) is 29.4 Å². The molecule has 0 radical (unpaired) electrons. The molecule has 4 nitrogen and oxygen atoms in total. The van der Waals surface area contributed by atoms with Crippen LogP contribution in [0.4, 0.5) is 0 Å². The zero-order valence-corrected chi connectivity index (χ0v) is 13.8. The van der Waals surface area contributed by atoms with Crippen LogP contribution in [0.1, 0.15) is 42.6 Å². The van der Waals surface area contributed by atoms with Crippen LogP contribution in [-0.4, -0.2) is 20.0 Å². The number of hydrogen-bond donors (Lipinski definition) is 0. The van der Waals surface area contributed by atoms with Crippen molar-refractivity contribution >= 4 is 11.8 Å². The van der Waals surface area contributed by atoms with Gasteiger partial charge in [0.2, 0.25) is 0 Å². The van der Waals surface area contributed by atoms with Crippen LogP contribution < -0.4 is 0 Å². The van der Waals surface area contributed by atoms with Gasteiger partial charge in [0.15, 0.2) is 5.16 Å².